The number of nitrogens with zero attached hydrogens (tertiary/aromatic N) is 1. The number of non-ortho nitro benzene ring substituents is 1. The molecule has 0 saturated carbocycles. The fraction of sp³-hybridized carbons (Fsp3) is 0. The molecule has 0 bridgehead atoms. The first-order chi connectivity index (χ1) is 9.95. The van der Waals surface area contributed by atoms with E-state index in [0.29, 0.717) is 6.07 Å². The molecule has 0 fully saturated rings. The topological polar surface area (TPSA) is 84.3 Å². The summed E-state index contributed by atoms with van der Waals surface area (Å²) < 4.78 is 26.1. The third-order valence-corrected chi connectivity index (χ3v) is 2.49. The maximum atomic E-state index is 13.3. The van der Waals surface area contributed by atoms with Gasteiger partial charge < -0.3 is 10.6 Å². The Hall–Kier alpha value is -3.03. The molecule has 2 aromatic carbocycles. The van der Waals surface area contributed by atoms with Crippen molar-refractivity contribution in [1.82, 2.24) is 0 Å². The first-order valence-corrected chi connectivity index (χ1v) is 5.73. The molecule has 0 saturated heterocycles. The van der Waals surface area contributed by atoms with Crippen LogP contribution in [0.1, 0.15) is 0 Å². The minimum Gasteiger partial charge on any atom is -0.307 e. The Labute approximate surface area is 117 Å². The van der Waals surface area contributed by atoms with Gasteiger partial charge in [-0.25, -0.2) is 13.6 Å². The zero-order valence-corrected chi connectivity index (χ0v) is 10.5. The molecule has 2 aromatic rings. The number of benzene rings is 2. The van der Waals surface area contributed by atoms with E-state index in [0.717, 1.165) is 18.2 Å². The monoisotopic (exact) mass is 293 g/mol. The quantitative estimate of drug-likeness (QED) is 0.670. The number of rotatable bonds is 3. The Morgan fingerprint density at radius 1 is 1.10 bits per heavy atom. The summed E-state index contributed by atoms with van der Waals surface area (Å²) in [5.41, 5.74) is -0.232. The molecule has 108 valence electrons. The summed E-state index contributed by atoms with van der Waals surface area (Å²) in [6.07, 6.45) is 0. The van der Waals surface area contributed by atoms with Crippen LogP contribution in [0.2, 0.25) is 0 Å². The fourth-order valence-corrected chi connectivity index (χ4v) is 1.57. The average molecular weight is 293 g/mol. The van der Waals surface area contributed by atoms with E-state index in [1.807, 2.05) is 0 Å². The third kappa shape index (κ3) is 3.72. The van der Waals surface area contributed by atoms with Crippen molar-refractivity contribution in [3.8, 4) is 0 Å². The Morgan fingerprint density at radius 2 is 1.86 bits per heavy atom. The first-order valence-electron chi connectivity index (χ1n) is 5.73. The molecule has 2 amide bonds. The summed E-state index contributed by atoms with van der Waals surface area (Å²) >= 11 is 0. The van der Waals surface area contributed by atoms with Gasteiger partial charge in [-0.1, -0.05) is 6.07 Å². The van der Waals surface area contributed by atoms with Gasteiger partial charge in [-0.2, -0.15) is 0 Å². The minimum atomic E-state index is -0.927. The van der Waals surface area contributed by atoms with Crippen molar-refractivity contribution in [3.63, 3.8) is 0 Å². The summed E-state index contributed by atoms with van der Waals surface area (Å²) in [5, 5.41) is 15.1. The summed E-state index contributed by atoms with van der Waals surface area (Å²) in [6.45, 7) is 0. The first kappa shape index (κ1) is 14.4. The zero-order chi connectivity index (χ0) is 15.4. The largest absolute Gasteiger partial charge is 0.323 e. The van der Waals surface area contributed by atoms with Crippen LogP contribution in [-0.2, 0) is 0 Å². The second-order valence-corrected chi connectivity index (χ2v) is 4.01. The van der Waals surface area contributed by atoms with Crippen molar-refractivity contribution in [1.29, 1.82) is 0 Å². The van der Waals surface area contributed by atoms with Crippen LogP contribution in [0.4, 0.5) is 30.6 Å². The van der Waals surface area contributed by atoms with Crippen LogP contribution >= 0.6 is 0 Å². The van der Waals surface area contributed by atoms with E-state index in [-0.39, 0.29) is 17.1 Å². The average Bonchev–Trinajstić information content (AvgIpc) is 2.42. The maximum Gasteiger partial charge on any atom is 0.323 e. The predicted octanol–water partition coefficient (Wildman–Crippen LogP) is 3.52. The predicted molar refractivity (Wildman–Crippen MR) is 72.1 cm³/mol. The molecule has 0 aromatic heterocycles. The van der Waals surface area contributed by atoms with E-state index in [2.05, 4.69) is 10.6 Å². The number of carbonyl (C=O) groups is 1. The smallest absolute Gasteiger partial charge is 0.307 e. The Balaban J connectivity index is 2.08. The molecule has 21 heavy (non-hydrogen) atoms. The van der Waals surface area contributed by atoms with Gasteiger partial charge in [-0.05, 0) is 18.2 Å². The number of nitro groups is 1. The van der Waals surface area contributed by atoms with Crippen molar-refractivity contribution in [2.45, 2.75) is 0 Å². The maximum absolute atomic E-state index is 13.3. The normalized spacial score (nSPS) is 10.0. The van der Waals surface area contributed by atoms with Crippen molar-refractivity contribution in [2.24, 2.45) is 0 Å². The second kappa shape index (κ2) is 5.95. The molecule has 0 unspecified atom stereocenters. The molecule has 0 radical (unpaired) electrons. The SMILES string of the molecule is O=C(Nc1cccc([N+](=O)[O-])c1)Nc1ccc(F)cc1F. The van der Waals surface area contributed by atoms with Crippen LogP contribution in [0.5, 0.6) is 0 Å². The number of hydrogen-bond donors (Lipinski definition) is 2. The molecular weight excluding hydrogens is 284 g/mol. The third-order valence-electron chi connectivity index (χ3n) is 2.49. The Bertz CT molecular complexity index is 707. The van der Waals surface area contributed by atoms with E-state index < -0.39 is 22.6 Å². The van der Waals surface area contributed by atoms with Crippen molar-refractivity contribution in [2.75, 3.05) is 10.6 Å². The number of halogens is 2. The van der Waals surface area contributed by atoms with E-state index in [9.17, 15) is 23.7 Å². The summed E-state index contributed by atoms with van der Waals surface area (Å²) in [7, 11) is 0. The molecule has 0 aliphatic heterocycles. The molecule has 0 aliphatic rings. The molecule has 0 spiro atoms. The number of amides is 2. The molecule has 8 heteroatoms. The highest BCUT2D eigenvalue weighted by Crippen LogP contribution is 2.18. The van der Waals surface area contributed by atoms with E-state index in [1.54, 1.807) is 0 Å². The van der Waals surface area contributed by atoms with E-state index in [4.69, 9.17) is 0 Å². The van der Waals surface area contributed by atoms with Gasteiger partial charge in [0, 0.05) is 23.9 Å². The Kier molecular flexibility index (Phi) is 4.07. The number of carbonyl (C=O) groups excluding carboxylic acids is 1. The molecule has 6 nitrogen and oxygen atoms in total. The van der Waals surface area contributed by atoms with Gasteiger partial charge in [0.1, 0.15) is 11.6 Å². The van der Waals surface area contributed by atoms with Crippen LogP contribution in [-0.4, -0.2) is 11.0 Å². The molecule has 0 aliphatic carbocycles. The van der Waals surface area contributed by atoms with Crippen LogP contribution < -0.4 is 10.6 Å². The summed E-state index contributed by atoms with van der Waals surface area (Å²) in [6, 6.07) is 7.14. The highest BCUT2D eigenvalue weighted by Gasteiger charge is 2.10. The summed E-state index contributed by atoms with van der Waals surface area (Å²) in [5.74, 6) is -1.69. The lowest BCUT2D eigenvalue weighted by Gasteiger charge is -2.08. The lowest BCUT2D eigenvalue weighted by atomic mass is 10.3. The molecule has 0 atom stereocenters. The molecule has 0 heterocycles. The second-order valence-electron chi connectivity index (χ2n) is 4.01. The van der Waals surface area contributed by atoms with Gasteiger partial charge in [0.15, 0.2) is 0 Å². The standard InChI is InChI=1S/C13H9F2N3O3/c14-8-4-5-12(11(15)6-8)17-13(19)16-9-2-1-3-10(7-9)18(20)21/h1-7H,(H2,16,17,19). The number of nitrogens with one attached hydrogen (secondary N) is 2. The van der Waals surface area contributed by atoms with Crippen LogP contribution in [0.15, 0.2) is 42.5 Å². The number of anilines is 2. The number of nitro benzene ring substituents is 1. The fourth-order valence-electron chi connectivity index (χ4n) is 1.57. The Morgan fingerprint density at radius 3 is 2.52 bits per heavy atom. The van der Waals surface area contributed by atoms with E-state index in [1.165, 1.54) is 18.2 Å². The lowest BCUT2D eigenvalue weighted by Crippen LogP contribution is -2.20. The number of urea groups is 1. The van der Waals surface area contributed by atoms with Crippen LogP contribution in [0.25, 0.3) is 0 Å². The van der Waals surface area contributed by atoms with E-state index >= 15 is 0 Å². The molecular formula is C13H9F2N3O3. The molecule has 2 N–H and O–H groups in total. The van der Waals surface area contributed by atoms with Gasteiger partial charge in [0.2, 0.25) is 0 Å². The van der Waals surface area contributed by atoms with Crippen LogP contribution in [0, 0.1) is 21.7 Å². The van der Waals surface area contributed by atoms with Gasteiger partial charge in [-0.3, -0.25) is 10.1 Å². The van der Waals surface area contributed by atoms with Gasteiger partial charge in [-0.15, -0.1) is 0 Å². The highest BCUT2D eigenvalue weighted by molar-refractivity contribution is 5.99. The van der Waals surface area contributed by atoms with Crippen molar-refractivity contribution >= 4 is 23.1 Å². The van der Waals surface area contributed by atoms with Gasteiger partial charge >= 0.3 is 6.03 Å². The molecule has 2 rings (SSSR count). The number of hydrogen-bond acceptors (Lipinski definition) is 3. The summed E-state index contributed by atoms with van der Waals surface area (Å²) in [4.78, 5) is 21.6. The van der Waals surface area contributed by atoms with Crippen molar-refractivity contribution in [3.05, 3.63) is 64.2 Å². The lowest BCUT2D eigenvalue weighted by molar-refractivity contribution is -0.384. The van der Waals surface area contributed by atoms with Gasteiger partial charge in [0.25, 0.3) is 5.69 Å². The van der Waals surface area contributed by atoms with Crippen molar-refractivity contribution < 1.29 is 18.5 Å². The zero-order valence-electron chi connectivity index (χ0n) is 10.5. The highest BCUT2D eigenvalue weighted by atomic mass is 19.1. The van der Waals surface area contributed by atoms with Gasteiger partial charge in [0.05, 0.1) is 10.6 Å². The van der Waals surface area contributed by atoms with Crippen LogP contribution in [0.3, 0.4) is 0 Å². The minimum absolute atomic E-state index is 0.171.